The summed E-state index contributed by atoms with van der Waals surface area (Å²) in [6.45, 7) is -0.429. The molecule has 7 nitrogen and oxygen atoms in total. The van der Waals surface area contributed by atoms with Crippen molar-refractivity contribution in [1.82, 2.24) is 9.88 Å². The lowest BCUT2D eigenvalue weighted by Gasteiger charge is -2.17. The molecular weight excluding hydrogens is 452 g/mol. The number of amides is 2. The van der Waals surface area contributed by atoms with Crippen LogP contribution in [0, 0.1) is 11.6 Å². The fraction of sp³-hybridized carbons (Fsp3) is 0.0500. The highest BCUT2D eigenvalue weighted by molar-refractivity contribution is 7.92. The van der Waals surface area contributed by atoms with Crippen molar-refractivity contribution in [3.05, 3.63) is 88.2 Å². The summed E-state index contributed by atoms with van der Waals surface area (Å²) in [4.78, 5) is 29.4. The molecule has 2 amide bonds. The predicted octanol–water partition coefficient (Wildman–Crippen LogP) is 3.61. The van der Waals surface area contributed by atoms with Crippen molar-refractivity contribution in [1.29, 1.82) is 0 Å². The van der Waals surface area contributed by atoms with Crippen LogP contribution in [-0.4, -0.2) is 30.1 Å². The molecule has 0 unspecified atom stereocenters. The van der Waals surface area contributed by atoms with Gasteiger partial charge in [-0.1, -0.05) is 17.7 Å². The highest BCUT2D eigenvalue weighted by Crippen LogP contribution is 2.29. The Kier molecular flexibility index (Phi) is 5.19. The van der Waals surface area contributed by atoms with Gasteiger partial charge in [-0.25, -0.2) is 17.2 Å². The number of nitrogens with zero attached hydrogens (tertiary/aromatic N) is 2. The van der Waals surface area contributed by atoms with Gasteiger partial charge in [0, 0.05) is 6.20 Å². The summed E-state index contributed by atoms with van der Waals surface area (Å²) in [5.41, 5.74) is -0.0877. The third-order valence-corrected chi connectivity index (χ3v) is 6.31. The molecule has 1 aromatic heterocycles. The SMILES string of the molecule is O=C1c2cccnc2C(=O)N1Cc1ccc(F)cc1S(=O)(=O)Nc1ccc(F)cc1Cl. The minimum atomic E-state index is -4.41. The van der Waals surface area contributed by atoms with Gasteiger partial charge in [0.25, 0.3) is 21.8 Å². The van der Waals surface area contributed by atoms with Crippen molar-refractivity contribution in [3.8, 4) is 0 Å². The number of hydrogen-bond donors (Lipinski definition) is 1. The first kappa shape index (κ1) is 20.9. The summed E-state index contributed by atoms with van der Waals surface area (Å²) in [6, 6.07) is 8.89. The van der Waals surface area contributed by atoms with Gasteiger partial charge in [0.2, 0.25) is 0 Å². The monoisotopic (exact) mass is 463 g/mol. The highest BCUT2D eigenvalue weighted by Gasteiger charge is 2.37. The number of imide groups is 1. The number of rotatable bonds is 5. The van der Waals surface area contributed by atoms with Gasteiger partial charge < -0.3 is 0 Å². The van der Waals surface area contributed by atoms with E-state index in [1.54, 1.807) is 0 Å². The van der Waals surface area contributed by atoms with E-state index < -0.39 is 44.9 Å². The van der Waals surface area contributed by atoms with Crippen LogP contribution in [0.3, 0.4) is 0 Å². The van der Waals surface area contributed by atoms with Crippen molar-refractivity contribution in [3.63, 3.8) is 0 Å². The molecule has 31 heavy (non-hydrogen) atoms. The Labute approximate surface area is 180 Å². The van der Waals surface area contributed by atoms with Crippen LogP contribution in [0.5, 0.6) is 0 Å². The number of carbonyl (C=O) groups excluding carboxylic acids is 2. The van der Waals surface area contributed by atoms with Crippen molar-refractivity contribution < 1.29 is 26.8 Å². The summed E-state index contributed by atoms with van der Waals surface area (Å²) in [5.74, 6) is -2.85. The average molecular weight is 464 g/mol. The second-order valence-corrected chi connectivity index (χ2v) is 8.64. The molecule has 11 heteroatoms. The number of benzene rings is 2. The molecule has 0 bridgehead atoms. The third-order valence-electron chi connectivity index (χ3n) is 4.55. The largest absolute Gasteiger partial charge is 0.280 e. The predicted molar refractivity (Wildman–Crippen MR) is 107 cm³/mol. The van der Waals surface area contributed by atoms with Crippen LogP contribution in [0.1, 0.15) is 26.4 Å². The summed E-state index contributed by atoms with van der Waals surface area (Å²) in [5, 5.41) is -0.201. The molecule has 0 saturated carbocycles. The molecule has 2 heterocycles. The van der Waals surface area contributed by atoms with Crippen LogP contribution in [-0.2, 0) is 16.6 Å². The maximum Gasteiger partial charge on any atom is 0.280 e. The topological polar surface area (TPSA) is 96.4 Å². The molecule has 0 radical (unpaired) electrons. The number of anilines is 1. The van der Waals surface area contributed by atoms with Crippen molar-refractivity contribution in [2.45, 2.75) is 11.4 Å². The summed E-state index contributed by atoms with van der Waals surface area (Å²) in [6.07, 6.45) is 1.36. The Bertz CT molecular complexity index is 1310. The van der Waals surface area contributed by atoms with Crippen LogP contribution in [0.25, 0.3) is 0 Å². The van der Waals surface area contributed by atoms with Gasteiger partial charge in [-0.3, -0.25) is 24.2 Å². The van der Waals surface area contributed by atoms with Crippen LogP contribution in [0.2, 0.25) is 5.02 Å². The zero-order valence-electron chi connectivity index (χ0n) is 15.5. The van der Waals surface area contributed by atoms with Crippen LogP contribution < -0.4 is 4.72 Å². The number of sulfonamides is 1. The molecule has 3 aromatic rings. The number of aromatic nitrogens is 1. The highest BCUT2D eigenvalue weighted by atomic mass is 35.5. The maximum atomic E-state index is 13.9. The number of nitrogens with one attached hydrogen (secondary N) is 1. The summed E-state index contributed by atoms with van der Waals surface area (Å²) >= 11 is 5.88. The second kappa shape index (κ2) is 7.71. The number of halogens is 3. The van der Waals surface area contributed by atoms with Gasteiger partial charge >= 0.3 is 0 Å². The van der Waals surface area contributed by atoms with E-state index >= 15 is 0 Å². The van der Waals surface area contributed by atoms with Gasteiger partial charge in [0.15, 0.2) is 0 Å². The standard InChI is InChI=1S/C20H12ClF2N3O4S/c21-15-8-12(22)5-6-16(15)25-31(29,30)17-9-13(23)4-3-11(17)10-26-19(27)14-2-1-7-24-18(14)20(26)28/h1-9,25H,10H2. The number of carbonyl (C=O) groups is 2. The molecule has 1 aliphatic heterocycles. The zero-order chi connectivity index (χ0) is 22.3. The molecule has 1 N–H and O–H groups in total. The molecule has 158 valence electrons. The minimum absolute atomic E-state index is 0.0124. The molecule has 0 saturated heterocycles. The molecule has 0 spiro atoms. The summed E-state index contributed by atoms with van der Waals surface area (Å²) in [7, 11) is -4.41. The molecule has 0 atom stereocenters. The zero-order valence-corrected chi connectivity index (χ0v) is 17.0. The van der Waals surface area contributed by atoms with E-state index in [2.05, 4.69) is 9.71 Å². The lowest BCUT2D eigenvalue weighted by Crippen LogP contribution is -2.30. The van der Waals surface area contributed by atoms with Crippen LogP contribution in [0.15, 0.2) is 59.6 Å². The first-order chi connectivity index (χ1) is 14.7. The van der Waals surface area contributed by atoms with E-state index in [1.165, 1.54) is 18.3 Å². The molecule has 4 rings (SSSR count). The Morgan fingerprint density at radius 3 is 2.42 bits per heavy atom. The first-order valence-corrected chi connectivity index (χ1v) is 10.6. The number of hydrogen-bond acceptors (Lipinski definition) is 5. The average Bonchev–Trinajstić information content (AvgIpc) is 2.96. The van der Waals surface area contributed by atoms with E-state index in [4.69, 9.17) is 11.6 Å². The number of fused-ring (bicyclic) bond motifs is 1. The van der Waals surface area contributed by atoms with E-state index in [0.29, 0.717) is 0 Å². The normalized spacial score (nSPS) is 13.5. The Morgan fingerprint density at radius 1 is 1.00 bits per heavy atom. The van der Waals surface area contributed by atoms with Crippen molar-refractivity contribution in [2.24, 2.45) is 0 Å². The lowest BCUT2D eigenvalue weighted by molar-refractivity contribution is 0.0639. The van der Waals surface area contributed by atoms with Gasteiger partial charge in [-0.2, -0.15) is 0 Å². The Hall–Kier alpha value is -3.37. The van der Waals surface area contributed by atoms with E-state index in [0.717, 1.165) is 41.3 Å². The fourth-order valence-corrected chi connectivity index (χ4v) is 4.70. The van der Waals surface area contributed by atoms with Gasteiger partial charge in [-0.15, -0.1) is 0 Å². The van der Waals surface area contributed by atoms with Crippen molar-refractivity contribution >= 4 is 39.1 Å². The fourth-order valence-electron chi connectivity index (χ4n) is 3.11. The molecule has 2 aromatic carbocycles. The molecule has 0 aliphatic carbocycles. The van der Waals surface area contributed by atoms with Gasteiger partial charge in [0.05, 0.1) is 27.7 Å². The smallest absolute Gasteiger partial charge is 0.278 e. The van der Waals surface area contributed by atoms with Crippen LogP contribution >= 0.6 is 11.6 Å². The second-order valence-electron chi connectivity index (χ2n) is 6.58. The third kappa shape index (κ3) is 3.87. The van der Waals surface area contributed by atoms with Crippen molar-refractivity contribution in [2.75, 3.05) is 4.72 Å². The number of pyridine rings is 1. The lowest BCUT2D eigenvalue weighted by atomic mass is 10.2. The Morgan fingerprint density at radius 2 is 1.71 bits per heavy atom. The molecular formula is C20H12ClF2N3O4S. The van der Waals surface area contributed by atoms with E-state index in [-0.39, 0.29) is 27.5 Å². The first-order valence-electron chi connectivity index (χ1n) is 8.75. The molecule has 0 fully saturated rings. The van der Waals surface area contributed by atoms with E-state index in [1.807, 2.05) is 0 Å². The van der Waals surface area contributed by atoms with E-state index in [9.17, 15) is 26.8 Å². The maximum absolute atomic E-state index is 13.9. The Balaban J connectivity index is 1.70. The molecule has 1 aliphatic rings. The summed E-state index contributed by atoms with van der Waals surface area (Å²) < 4.78 is 55.2. The quantitative estimate of drug-likeness (QED) is 0.583. The van der Waals surface area contributed by atoms with Gasteiger partial charge in [0.1, 0.15) is 17.3 Å². The van der Waals surface area contributed by atoms with Gasteiger partial charge in [-0.05, 0) is 48.0 Å². The minimum Gasteiger partial charge on any atom is -0.278 e. The van der Waals surface area contributed by atoms with Crippen LogP contribution in [0.4, 0.5) is 14.5 Å².